The van der Waals surface area contributed by atoms with E-state index in [1.807, 2.05) is 18.3 Å². The Labute approximate surface area is 173 Å². The summed E-state index contributed by atoms with van der Waals surface area (Å²) in [5.74, 6) is 0.519. The lowest BCUT2D eigenvalue weighted by molar-refractivity contribution is 0.101. The lowest BCUT2D eigenvalue weighted by Crippen LogP contribution is -2.15. The number of rotatable bonds is 5. The molecule has 0 bridgehead atoms. The van der Waals surface area contributed by atoms with Crippen LogP contribution in [-0.2, 0) is 7.05 Å². The topological polar surface area (TPSA) is 69.0 Å². The molecule has 150 valence electrons. The zero-order valence-electron chi connectivity index (χ0n) is 16.5. The second kappa shape index (κ2) is 8.16. The van der Waals surface area contributed by atoms with Gasteiger partial charge in [-0.15, -0.1) is 0 Å². The van der Waals surface area contributed by atoms with Crippen LogP contribution in [0.4, 0.5) is 10.1 Å². The standard InChI is InChI=1S/C23H19FN4O2/c1-28-14-16(10-21(28)23(29)27-19-7-4-8-20(11-19)30-2)17-12-25-22(26-13-17)15-5-3-6-18(24)9-15/h3-14H,1-2H3,(H,27,29). The van der Waals surface area contributed by atoms with Crippen LogP contribution in [0.25, 0.3) is 22.5 Å². The molecular weight excluding hydrogens is 383 g/mol. The van der Waals surface area contributed by atoms with Gasteiger partial charge in [-0.25, -0.2) is 14.4 Å². The number of hydrogen-bond donors (Lipinski definition) is 1. The molecule has 1 amide bonds. The van der Waals surface area contributed by atoms with Crippen molar-refractivity contribution in [3.63, 3.8) is 0 Å². The van der Waals surface area contributed by atoms with Crippen LogP contribution in [-0.4, -0.2) is 27.6 Å². The van der Waals surface area contributed by atoms with Crippen molar-refractivity contribution in [1.29, 1.82) is 0 Å². The highest BCUT2D eigenvalue weighted by Gasteiger charge is 2.14. The molecule has 0 aliphatic rings. The molecule has 4 aromatic rings. The van der Waals surface area contributed by atoms with Crippen LogP contribution in [0.3, 0.4) is 0 Å². The molecule has 0 radical (unpaired) electrons. The number of amides is 1. The number of benzene rings is 2. The highest BCUT2D eigenvalue weighted by molar-refractivity contribution is 6.04. The van der Waals surface area contributed by atoms with Crippen LogP contribution in [0, 0.1) is 5.82 Å². The van der Waals surface area contributed by atoms with E-state index in [0.29, 0.717) is 28.5 Å². The molecule has 0 saturated carbocycles. The molecule has 4 rings (SSSR count). The Morgan fingerprint density at radius 3 is 2.50 bits per heavy atom. The van der Waals surface area contributed by atoms with Crippen LogP contribution in [0.2, 0.25) is 0 Å². The molecule has 30 heavy (non-hydrogen) atoms. The van der Waals surface area contributed by atoms with Gasteiger partial charge in [0, 0.05) is 54.1 Å². The first-order valence-electron chi connectivity index (χ1n) is 9.23. The summed E-state index contributed by atoms with van der Waals surface area (Å²) in [7, 11) is 3.37. The molecule has 2 aromatic carbocycles. The van der Waals surface area contributed by atoms with E-state index < -0.39 is 0 Å². The highest BCUT2D eigenvalue weighted by atomic mass is 19.1. The smallest absolute Gasteiger partial charge is 0.272 e. The second-order valence-electron chi connectivity index (χ2n) is 6.72. The number of nitrogens with zero attached hydrogens (tertiary/aromatic N) is 3. The number of methoxy groups -OCH3 is 1. The number of hydrogen-bond acceptors (Lipinski definition) is 4. The summed E-state index contributed by atoms with van der Waals surface area (Å²) in [5.41, 5.74) is 3.30. The number of ether oxygens (including phenoxy) is 1. The summed E-state index contributed by atoms with van der Waals surface area (Å²) in [4.78, 5) is 21.4. The van der Waals surface area contributed by atoms with Crippen molar-refractivity contribution in [2.75, 3.05) is 12.4 Å². The fourth-order valence-corrected chi connectivity index (χ4v) is 3.10. The van der Waals surface area contributed by atoms with E-state index in [-0.39, 0.29) is 11.7 Å². The molecule has 2 aromatic heterocycles. The minimum Gasteiger partial charge on any atom is -0.497 e. The SMILES string of the molecule is COc1cccc(NC(=O)c2cc(-c3cnc(-c4cccc(F)c4)nc3)cn2C)c1. The first kappa shape index (κ1) is 19.3. The van der Waals surface area contributed by atoms with Gasteiger partial charge in [-0.3, -0.25) is 4.79 Å². The monoisotopic (exact) mass is 402 g/mol. The number of aryl methyl sites for hydroxylation is 1. The van der Waals surface area contributed by atoms with Gasteiger partial charge >= 0.3 is 0 Å². The van der Waals surface area contributed by atoms with Crippen molar-refractivity contribution >= 4 is 11.6 Å². The van der Waals surface area contributed by atoms with Gasteiger partial charge in [0.2, 0.25) is 0 Å². The minimum atomic E-state index is -0.338. The Balaban J connectivity index is 1.55. The molecule has 0 fully saturated rings. The molecule has 1 N–H and O–H groups in total. The van der Waals surface area contributed by atoms with Gasteiger partial charge in [0.1, 0.15) is 17.3 Å². The van der Waals surface area contributed by atoms with Crippen molar-refractivity contribution in [1.82, 2.24) is 14.5 Å². The molecule has 0 atom stereocenters. The van der Waals surface area contributed by atoms with E-state index >= 15 is 0 Å². The van der Waals surface area contributed by atoms with Gasteiger partial charge in [-0.2, -0.15) is 0 Å². The third-order valence-electron chi connectivity index (χ3n) is 4.63. The molecule has 0 aliphatic heterocycles. The van der Waals surface area contributed by atoms with Crippen molar-refractivity contribution in [2.24, 2.45) is 7.05 Å². The summed E-state index contributed by atoms with van der Waals surface area (Å²) < 4.78 is 20.3. The lowest BCUT2D eigenvalue weighted by Gasteiger charge is -2.07. The molecule has 0 saturated heterocycles. The molecule has 2 heterocycles. The number of nitrogens with one attached hydrogen (secondary N) is 1. The summed E-state index contributed by atoms with van der Waals surface area (Å²) in [6.45, 7) is 0. The number of carbonyl (C=O) groups excluding carboxylic acids is 1. The Morgan fingerprint density at radius 2 is 1.77 bits per heavy atom. The number of carbonyl (C=O) groups is 1. The van der Waals surface area contributed by atoms with Crippen molar-refractivity contribution < 1.29 is 13.9 Å². The van der Waals surface area contributed by atoms with Crippen LogP contribution < -0.4 is 10.1 Å². The van der Waals surface area contributed by atoms with Crippen molar-refractivity contribution in [3.8, 4) is 28.3 Å². The normalized spacial score (nSPS) is 10.6. The van der Waals surface area contributed by atoms with Gasteiger partial charge in [0.05, 0.1) is 7.11 Å². The van der Waals surface area contributed by atoms with Gasteiger partial charge < -0.3 is 14.6 Å². The molecule has 7 heteroatoms. The fourth-order valence-electron chi connectivity index (χ4n) is 3.10. The highest BCUT2D eigenvalue weighted by Crippen LogP contribution is 2.24. The van der Waals surface area contributed by atoms with Crippen molar-refractivity contribution in [2.45, 2.75) is 0 Å². The first-order chi connectivity index (χ1) is 14.5. The molecule has 0 spiro atoms. The fraction of sp³-hybridized carbons (Fsp3) is 0.0870. The summed E-state index contributed by atoms with van der Waals surface area (Å²) in [5, 5.41) is 2.87. The van der Waals surface area contributed by atoms with Crippen LogP contribution in [0.5, 0.6) is 5.75 Å². The predicted octanol–water partition coefficient (Wildman–Crippen LogP) is 4.55. The maximum atomic E-state index is 13.4. The average Bonchev–Trinajstić information content (AvgIpc) is 3.16. The Morgan fingerprint density at radius 1 is 1.00 bits per heavy atom. The van der Waals surface area contributed by atoms with E-state index in [1.165, 1.54) is 12.1 Å². The third kappa shape index (κ3) is 4.05. The lowest BCUT2D eigenvalue weighted by atomic mass is 10.1. The van der Waals surface area contributed by atoms with Gasteiger partial charge in [0.25, 0.3) is 5.91 Å². The summed E-state index contributed by atoms with van der Waals surface area (Å²) in [6, 6.07) is 15.1. The first-order valence-corrected chi connectivity index (χ1v) is 9.23. The maximum absolute atomic E-state index is 13.4. The maximum Gasteiger partial charge on any atom is 0.272 e. The molecule has 0 aliphatic carbocycles. The number of halogens is 1. The third-order valence-corrected chi connectivity index (χ3v) is 4.63. The minimum absolute atomic E-state index is 0.241. The van der Waals surface area contributed by atoms with Gasteiger partial charge in [-0.05, 0) is 30.3 Å². The van der Waals surface area contributed by atoms with E-state index in [2.05, 4.69) is 15.3 Å². The zero-order chi connectivity index (χ0) is 21.1. The predicted molar refractivity (Wildman–Crippen MR) is 113 cm³/mol. The quantitative estimate of drug-likeness (QED) is 0.532. The van der Waals surface area contributed by atoms with E-state index in [0.717, 1.165) is 11.1 Å². The van der Waals surface area contributed by atoms with Crippen LogP contribution in [0.15, 0.2) is 73.2 Å². The largest absolute Gasteiger partial charge is 0.497 e. The summed E-state index contributed by atoms with van der Waals surface area (Å²) in [6.07, 6.45) is 5.15. The van der Waals surface area contributed by atoms with E-state index in [9.17, 15) is 9.18 Å². The Kier molecular flexibility index (Phi) is 5.26. The average molecular weight is 402 g/mol. The van der Waals surface area contributed by atoms with Gasteiger partial charge in [0.15, 0.2) is 5.82 Å². The second-order valence-corrected chi connectivity index (χ2v) is 6.72. The molecule has 0 unspecified atom stereocenters. The molecule has 6 nitrogen and oxygen atoms in total. The molecular formula is C23H19FN4O2. The summed E-state index contributed by atoms with van der Waals surface area (Å²) >= 11 is 0. The van der Waals surface area contributed by atoms with Gasteiger partial charge in [-0.1, -0.05) is 18.2 Å². The Hall–Kier alpha value is -4.00. The van der Waals surface area contributed by atoms with E-state index in [1.54, 1.807) is 61.5 Å². The van der Waals surface area contributed by atoms with Crippen molar-refractivity contribution in [3.05, 3.63) is 84.7 Å². The Bertz CT molecular complexity index is 1200. The number of anilines is 1. The zero-order valence-corrected chi connectivity index (χ0v) is 16.5. The van der Waals surface area contributed by atoms with E-state index in [4.69, 9.17) is 4.74 Å². The van der Waals surface area contributed by atoms with Crippen LogP contribution >= 0.6 is 0 Å². The number of aromatic nitrogens is 3. The van der Waals surface area contributed by atoms with Crippen LogP contribution in [0.1, 0.15) is 10.5 Å².